The van der Waals surface area contributed by atoms with E-state index < -0.39 is 5.60 Å². The van der Waals surface area contributed by atoms with Crippen molar-refractivity contribution < 1.29 is 9.53 Å². The highest BCUT2D eigenvalue weighted by atomic mass is 79.9. The van der Waals surface area contributed by atoms with Crippen LogP contribution in [-0.2, 0) is 4.74 Å². The summed E-state index contributed by atoms with van der Waals surface area (Å²) in [7, 11) is 0. The van der Waals surface area contributed by atoms with E-state index in [9.17, 15) is 4.79 Å². The van der Waals surface area contributed by atoms with Crippen LogP contribution in [0.3, 0.4) is 0 Å². The topological polar surface area (TPSA) is 38.3 Å². The van der Waals surface area contributed by atoms with Crippen LogP contribution in [0.4, 0.5) is 4.79 Å². The fraction of sp³-hybridized carbons (Fsp3) is 0.833. The monoisotopic (exact) mass is 290 g/mol. The lowest BCUT2D eigenvalue weighted by Crippen LogP contribution is -2.46. The van der Waals surface area contributed by atoms with Crippen LogP contribution in [0.25, 0.3) is 0 Å². The Morgan fingerprint density at radius 1 is 1.50 bits per heavy atom. The molecule has 0 heterocycles. The molecule has 4 heteroatoms. The molecule has 1 amide bonds. The van der Waals surface area contributed by atoms with Gasteiger partial charge in [-0.25, -0.2) is 4.79 Å². The zero-order valence-corrected chi connectivity index (χ0v) is 12.0. The number of rotatable bonds is 1. The van der Waals surface area contributed by atoms with Gasteiger partial charge in [0.15, 0.2) is 0 Å². The van der Waals surface area contributed by atoms with Gasteiger partial charge in [-0.3, -0.25) is 0 Å². The Bertz CT molecular complexity index is 250. The van der Waals surface area contributed by atoms with Crippen LogP contribution in [0.1, 0.15) is 40.5 Å². The van der Waals surface area contributed by atoms with Gasteiger partial charge in [0, 0.05) is 10.9 Å². The number of halogens is 1. The van der Waals surface area contributed by atoms with E-state index in [2.05, 4.69) is 34.6 Å². The molecule has 3 unspecified atom stereocenters. The van der Waals surface area contributed by atoms with E-state index in [0.29, 0.717) is 10.7 Å². The first kappa shape index (κ1) is 13.8. The smallest absolute Gasteiger partial charge is 0.407 e. The molecule has 1 aliphatic carbocycles. The molecule has 1 fully saturated rings. The van der Waals surface area contributed by atoms with E-state index >= 15 is 0 Å². The van der Waals surface area contributed by atoms with Crippen molar-refractivity contribution >= 4 is 22.0 Å². The second kappa shape index (κ2) is 5.39. The van der Waals surface area contributed by atoms with Crippen molar-refractivity contribution in [2.24, 2.45) is 5.92 Å². The van der Waals surface area contributed by atoms with E-state index in [4.69, 9.17) is 4.74 Å². The highest BCUT2D eigenvalue weighted by Gasteiger charge is 2.29. The minimum Gasteiger partial charge on any atom is -0.444 e. The maximum Gasteiger partial charge on any atom is 0.407 e. The molecule has 93 valence electrons. The molecule has 1 saturated carbocycles. The quantitative estimate of drug-likeness (QED) is 0.753. The Morgan fingerprint density at radius 3 is 2.62 bits per heavy atom. The summed E-state index contributed by atoms with van der Waals surface area (Å²) in [5.41, 5.74) is -0.437. The Morgan fingerprint density at radius 2 is 2.12 bits per heavy atom. The van der Waals surface area contributed by atoms with Crippen molar-refractivity contribution in [1.82, 2.24) is 5.32 Å². The fourth-order valence-corrected chi connectivity index (χ4v) is 2.73. The maximum atomic E-state index is 11.6. The molecular formula is C12H21BrNO2. The largest absolute Gasteiger partial charge is 0.444 e. The number of nitrogens with one attached hydrogen (secondary N) is 1. The second-order valence-electron chi connectivity index (χ2n) is 5.50. The molecule has 16 heavy (non-hydrogen) atoms. The molecule has 3 atom stereocenters. The fourth-order valence-electron chi connectivity index (χ4n) is 1.75. The number of alkyl carbamates (subject to hydrolysis) is 1. The summed E-state index contributed by atoms with van der Waals surface area (Å²) in [5, 5.41) is 2.88. The summed E-state index contributed by atoms with van der Waals surface area (Å²) in [6.45, 7) is 7.81. The van der Waals surface area contributed by atoms with Gasteiger partial charge < -0.3 is 10.1 Å². The second-order valence-corrected chi connectivity index (χ2v) is 6.68. The molecule has 3 nitrogen and oxygen atoms in total. The SMILES string of the molecule is CC1C[CH]C(NC(=O)OC(C)(C)C)C(Br)C1. The molecule has 0 aromatic rings. The highest BCUT2D eigenvalue weighted by Crippen LogP contribution is 2.28. The molecule has 0 saturated heterocycles. The van der Waals surface area contributed by atoms with Gasteiger partial charge in [-0.05, 0) is 46.0 Å². The third-order valence-corrected chi connectivity index (χ3v) is 3.44. The Kier molecular flexibility index (Phi) is 4.65. The molecule has 0 aliphatic heterocycles. The molecule has 0 spiro atoms. The minimum absolute atomic E-state index is 0.0750. The van der Waals surface area contributed by atoms with Crippen LogP contribution < -0.4 is 5.32 Å². The summed E-state index contributed by atoms with van der Waals surface area (Å²) in [6, 6.07) is 0.0750. The lowest BCUT2D eigenvalue weighted by atomic mass is 9.87. The standard InChI is InChI=1S/C12H21BrNO2/c1-8-5-6-10(9(13)7-8)14-11(15)16-12(2,3)4/h6,8-10H,5,7H2,1-4H3,(H,14,15). The van der Waals surface area contributed by atoms with E-state index in [-0.39, 0.29) is 12.1 Å². The summed E-state index contributed by atoms with van der Waals surface area (Å²) in [5.74, 6) is 0.682. The van der Waals surface area contributed by atoms with E-state index in [0.717, 1.165) is 12.8 Å². The maximum absolute atomic E-state index is 11.6. The van der Waals surface area contributed by atoms with Crippen LogP contribution in [0.15, 0.2) is 0 Å². The first-order valence-corrected chi connectivity index (χ1v) is 6.66. The predicted molar refractivity (Wildman–Crippen MR) is 68.6 cm³/mol. The van der Waals surface area contributed by atoms with Crippen LogP contribution in [-0.4, -0.2) is 22.6 Å². The first-order chi connectivity index (χ1) is 7.28. The van der Waals surface area contributed by atoms with Crippen LogP contribution in [0.2, 0.25) is 0 Å². The van der Waals surface area contributed by atoms with E-state index in [1.54, 1.807) is 0 Å². The minimum atomic E-state index is -0.437. The number of carbonyl (C=O) groups excluding carboxylic acids is 1. The van der Waals surface area contributed by atoms with Gasteiger partial charge in [-0.15, -0.1) is 0 Å². The average Bonchev–Trinajstić information content (AvgIpc) is 2.06. The molecule has 1 N–H and O–H groups in total. The van der Waals surface area contributed by atoms with Gasteiger partial charge in [0.1, 0.15) is 5.60 Å². The van der Waals surface area contributed by atoms with Crippen LogP contribution >= 0.6 is 15.9 Å². The number of ether oxygens (including phenoxy) is 1. The highest BCUT2D eigenvalue weighted by molar-refractivity contribution is 9.09. The third-order valence-electron chi connectivity index (χ3n) is 2.49. The van der Waals surface area contributed by atoms with E-state index in [1.165, 1.54) is 0 Å². The molecule has 1 aliphatic rings. The lowest BCUT2D eigenvalue weighted by Gasteiger charge is -2.32. The van der Waals surface area contributed by atoms with Crippen molar-refractivity contribution in [3.05, 3.63) is 6.42 Å². The number of hydrogen-bond donors (Lipinski definition) is 1. The van der Waals surface area contributed by atoms with Gasteiger partial charge in [0.05, 0.1) is 0 Å². The number of amides is 1. The van der Waals surface area contributed by atoms with Gasteiger partial charge in [-0.2, -0.15) is 0 Å². The Balaban J connectivity index is 2.39. The Labute approximate surface area is 106 Å². The molecule has 1 radical (unpaired) electrons. The number of hydrogen-bond acceptors (Lipinski definition) is 2. The summed E-state index contributed by atoms with van der Waals surface area (Å²) >= 11 is 3.60. The van der Waals surface area contributed by atoms with Crippen molar-refractivity contribution in [3.8, 4) is 0 Å². The number of carbonyl (C=O) groups is 1. The summed E-state index contributed by atoms with van der Waals surface area (Å²) < 4.78 is 5.22. The Hall–Kier alpha value is -0.250. The average molecular weight is 291 g/mol. The molecule has 1 rings (SSSR count). The summed E-state index contributed by atoms with van der Waals surface area (Å²) in [6.07, 6.45) is 3.93. The summed E-state index contributed by atoms with van der Waals surface area (Å²) in [4.78, 5) is 11.9. The van der Waals surface area contributed by atoms with Gasteiger partial charge in [-0.1, -0.05) is 22.9 Å². The first-order valence-electron chi connectivity index (χ1n) is 5.75. The van der Waals surface area contributed by atoms with Crippen molar-refractivity contribution in [2.45, 2.75) is 57.0 Å². The molecule has 0 aromatic carbocycles. The third kappa shape index (κ3) is 4.73. The van der Waals surface area contributed by atoms with Gasteiger partial charge in [0.2, 0.25) is 0 Å². The van der Waals surface area contributed by atoms with Crippen molar-refractivity contribution in [1.29, 1.82) is 0 Å². The normalized spacial score (nSPS) is 30.9. The lowest BCUT2D eigenvalue weighted by molar-refractivity contribution is 0.0505. The van der Waals surface area contributed by atoms with Crippen LogP contribution in [0.5, 0.6) is 0 Å². The number of alkyl halides is 1. The zero-order valence-electron chi connectivity index (χ0n) is 10.4. The van der Waals surface area contributed by atoms with Gasteiger partial charge in [0.25, 0.3) is 0 Å². The molecule has 0 aromatic heterocycles. The van der Waals surface area contributed by atoms with E-state index in [1.807, 2.05) is 20.8 Å². The molecular weight excluding hydrogens is 270 g/mol. The van der Waals surface area contributed by atoms with Crippen LogP contribution in [0, 0.1) is 12.3 Å². The molecule has 0 bridgehead atoms. The zero-order chi connectivity index (χ0) is 12.3. The predicted octanol–water partition coefficient (Wildman–Crippen LogP) is 3.28. The van der Waals surface area contributed by atoms with Gasteiger partial charge >= 0.3 is 6.09 Å². The van der Waals surface area contributed by atoms with Crippen molar-refractivity contribution in [2.75, 3.05) is 0 Å². The van der Waals surface area contributed by atoms with Crippen molar-refractivity contribution in [3.63, 3.8) is 0 Å².